The molecule has 0 spiro atoms. The summed E-state index contributed by atoms with van der Waals surface area (Å²) in [6.07, 6.45) is 0.137. The van der Waals surface area contributed by atoms with Crippen LogP contribution in [0.1, 0.15) is 17.3 Å². The van der Waals surface area contributed by atoms with Crippen LogP contribution in [-0.4, -0.2) is 36.1 Å². The zero-order chi connectivity index (χ0) is 11.7. The van der Waals surface area contributed by atoms with Gasteiger partial charge in [0.25, 0.3) is 5.91 Å². The SMILES string of the molecule is CC1CN(c2snc(N)c2C(N)=O)CCO1. The number of carbonyl (C=O) groups is 1. The van der Waals surface area contributed by atoms with Crippen LogP contribution in [0.4, 0.5) is 10.8 Å². The van der Waals surface area contributed by atoms with Gasteiger partial charge in [0.2, 0.25) is 0 Å². The van der Waals surface area contributed by atoms with Gasteiger partial charge in [0, 0.05) is 13.1 Å². The highest BCUT2D eigenvalue weighted by Crippen LogP contribution is 2.31. The maximum Gasteiger partial charge on any atom is 0.255 e. The molecule has 1 saturated heterocycles. The van der Waals surface area contributed by atoms with E-state index in [4.69, 9.17) is 16.2 Å². The second-order valence-electron chi connectivity index (χ2n) is 3.74. The van der Waals surface area contributed by atoms with Gasteiger partial charge in [-0.25, -0.2) is 0 Å². The van der Waals surface area contributed by atoms with Crippen LogP contribution in [0.15, 0.2) is 0 Å². The molecule has 4 N–H and O–H groups in total. The molecule has 1 atom stereocenters. The summed E-state index contributed by atoms with van der Waals surface area (Å²) in [7, 11) is 0. The molecule has 1 aromatic heterocycles. The van der Waals surface area contributed by atoms with Crippen LogP contribution in [0.25, 0.3) is 0 Å². The zero-order valence-corrected chi connectivity index (χ0v) is 9.79. The molecule has 0 bridgehead atoms. The second kappa shape index (κ2) is 4.26. The van der Waals surface area contributed by atoms with Crippen molar-refractivity contribution in [2.24, 2.45) is 5.73 Å². The van der Waals surface area contributed by atoms with E-state index in [9.17, 15) is 4.79 Å². The van der Waals surface area contributed by atoms with E-state index < -0.39 is 5.91 Å². The number of anilines is 2. The Kier molecular flexibility index (Phi) is 2.97. The van der Waals surface area contributed by atoms with E-state index in [0.717, 1.165) is 18.1 Å². The van der Waals surface area contributed by atoms with Gasteiger partial charge in [-0.2, -0.15) is 4.37 Å². The highest BCUT2D eigenvalue weighted by molar-refractivity contribution is 7.11. The minimum atomic E-state index is -0.527. The predicted molar refractivity (Wildman–Crippen MR) is 62.7 cm³/mol. The fraction of sp³-hybridized carbons (Fsp3) is 0.556. The van der Waals surface area contributed by atoms with Crippen molar-refractivity contribution < 1.29 is 9.53 Å². The van der Waals surface area contributed by atoms with Gasteiger partial charge in [0.15, 0.2) is 5.82 Å². The lowest BCUT2D eigenvalue weighted by molar-refractivity contribution is 0.0533. The third-order valence-electron chi connectivity index (χ3n) is 2.48. The lowest BCUT2D eigenvalue weighted by Crippen LogP contribution is -2.41. The van der Waals surface area contributed by atoms with E-state index in [-0.39, 0.29) is 11.9 Å². The minimum Gasteiger partial charge on any atom is -0.382 e. The molecule has 0 aliphatic carbocycles. The summed E-state index contributed by atoms with van der Waals surface area (Å²) in [5, 5.41) is 0.750. The van der Waals surface area contributed by atoms with Gasteiger partial charge < -0.3 is 21.1 Å². The first-order valence-electron chi connectivity index (χ1n) is 5.01. The smallest absolute Gasteiger partial charge is 0.255 e. The van der Waals surface area contributed by atoms with E-state index in [1.54, 1.807) is 0 Å². The molecular weight excluding hydrogens is 228 g/mol. The van der Waals surface area contributed by atoms with E-state index in [1.165, 1.54) is 11.5 Å². The lowest BCUT2D eigenvalue weighted by Gasteiger charge is -2.31. The summed E-state index contributed by atoms with van der Waals surface area (Å²) in [5.74, 6) is -0.313. The van der Waals surface area contributed by atoms with Crippen molar-refractivity contribution >= 4 is 28.3 Å². The molecule has 1 aliphatic rings. The largest absolute Gasteiger partial charge is 0.382 e. The van der Waals surface area contributed by atoms with Crippen LogP contribution in [-0.2, 0) is 4.74 Å². The van der Waals surface area contributed by atoms with Crippen molar-refractivity contribution in [3.63, 3.8) is 0 Å². The molecule has 0 saturated carbocycles. The molecule has 2 rings (SSSR count). The second-order valence-corrected chi connectivity index (χ2v) is 4.49. The lowest BCUT2D eigenvalue weighted by atomic mass is 10.2. The number of carbonyl (C=O) groups excluding carboxylic acids is 1. The Morgan fingerprint density at radius 1 is 1.69 bits per heavy atom. The van der Waals surface area contributed by atoms with E-state index in [1.807, 2.05) is 11.8 Å². The summed E-state index contributed by atoms with van der Waals surface area (Å²) in [6.45, 7) is 4.08. The standard InChI is InChI=1S/C9H14N4O2S/c1-5-4-13(2-3-15-5)9-6(8(11)14)7(10)12-16-9/h5H,2-4H2,1H3,(H2,10,12)(H2,11,14). The fourth-order valence-electron chi connectivity index (χ4n) is 1.74. The number of aromatic nitrogens is 1. The third-order valence-corrected chi connectivity index (χ3v) is 3.40. The number of morpholine rings is 1. The quantitative estimate of drug-likeness (QED) is 0.764. The van der Waals surface area contributed by atoms with E-state index >= 15 is 0 Å². The van der Waals surface area contributed by atoms with Gasteiger partial charge in [0.05, 0.1) is 12.7 Å². The van der Waals surface area contributed by atoms with Crippen molar-refractivity contribution in [2.75, 3.05) is 30.3 Å². The molecule has 1 aromatic rings. The molecule has 0 aromatic carbocycles. The number of hydrogen-bond donors (Lipinski definition) is 2. The van der Waals surface area contributed by atoms with Gasteiger partial charge in [0.1, 0.15) is 10.6 Å². The van der Waals surface area contributed by atoms with E-state index in [0.29, 0.717) is 12.2 Å². The molecule has 7 heteroatoms. The van der Waals surface area contributed by atoms with Gasteiger partial charge >= 0.3 is 0 Å². The number of amides is 1. The van der Waals surface area contributed by atoms with Gasteiger partial charge in [-0.3, -0.25) is 4.79 Å². The highest BCUT2D eigenvalue weighted by atomic mass is 32.1. The average molecular weight is 242 g/mol. The predicted octanol–water partition coefficient (Wildman–Crippen LogP) is 0.0493. The van der Waals surface area contributed by atoms with Crippen LogP contribution in [0.2, 0.25) is 0 Å². The van der Waals surface area contributed by atoms with Crippen LogP contribution < -0.4 is 16.4 Å². The Bertz CT molecular complexity index is 406. The van der Waals surface area contributed by atoms with Crippen molar-refractivity contribution in [3.05, 3.63) is 5.56 Å². The summed E-state index contributed by atoms with van der Waals surface area (Å²) in [5.41, 5.74) is 11.2. The number of ether oxygens (including phenoxy) is 1. The molecule has 0 radical (unpaired) electrons. The van der Waals surface area contributed by atoms with Gasteiger partial charge in [-0.05, 0) is 18.5 Å². The minimum absolute atomic E-state index is 0.137. The Morgan fingerprint density at radius 3 is 3.06 bits per heavy atom. The molecular formula is C9H14N4O2S. The third kappa shape index (κ3) is 1.96. The number of nitrogens with two attached hydrogens (primary N) is 2. The Balaban J connectivity index is 2.29. The summed E-state index contributed by atoms with van der Waals surface area (Å²) >= 11 is 1.21. The number of rotatable bonds is 2. The summed E-state index contributed by atoms with van der Waals surface area (Å²) in [6, 6.07) is 0. The van der Waals surface area contributed by atoms with Gasteiger partial charge in [-0.15, -0.1) is 0 Å². The van der Waals surface area contributed by atoms with Crippen molar-refractivity contribution in [1.29, 1.82) is 0 Å². The van der Waals surface area contributed by atoms with Crippen LogP contribution in [0, 0.1) is 0 Å². The van der Waals surface area contributed by atoms with Crippen molar-refractivity contribution in [3.8, 4) is 0 Å². The van der Waals surface area contributed by atoms with E-state index in [2.05, 4.69) is 4.37 Å². The normalized spacial score (nSPS) is 21.1. The first-order valence-corrected chi connectivity index (χ1v) is 5.78. The van der Waals surface area contributed by atoms with Crippen molar-refractivity contribution in [2.45, 2.75) is 13.0 Å². The van der Waals surface area contributed by atoms with Crippen LogP contribution in [0.3, 0.4) is 0 Å². The average Bonchev–Trinajstić information content (AvgIpc) is 2.60. The van der Waals surface area contributed by atoms with Gasteiger partial charge in [-0.1, -0.05) is 0 Å². The number of hydrogen-bond acceptors (Lipinski definition) is 6. The maximum absolute atomic E-state index is 11.3. The Hall–Kier alpha value is -1.34. The first-order chi connectivity index (χ1) is 7.59. The molecule has 1 amide bonds. The molecule has 16 heavy (non-hydrogen) atoms. The van der Waals surface area contributed by atoms with Crippen LogP contribution >= 0.6 is 11.5 Å². The molecule has 2 heterocycles. The molecule has 6 nitrogen and oxygen atoms in total. The highest BCUT2D eigenvalue weighted by Gasteiger charge is 2.25. The molecule has 1 unspecified atom stereocenters. The Labute approximate surface area is 97.3 Å². The Morgan fingerprint density at radius 2 is 2.44 bits per heavy atom. The fourth-order valence-corrected chi connectivity index (χ4v) is 2.60. The molecule has 1 aliphatic heterocycles. The maximum atomic E-state index is 11.3. The van der Waals surface area contributed by atoms with Crippen LogP contribution in [0.5, 0.6) is 0 Å². The number of primary amides is 1. The molecule has 1 fully saturated rings. The monoisotopic (exact) mass is 242 g/mol. The summed E-state index contributed by atoms with van der Waals surface area (Å²) in [4.78, 5) is 13.3. The number of nitrogen functional groups attached to an aromatic ring is 1. The zero-order valence-electron chi connectivity index (χ0n) is 8.97. The molecule has 88 valence electrons. The first kappa shape index (κ1) is 11.2. The van der Waals surface area contributed by atoms with Crippen molar-refractivity contribution in [1.82, 2.24) is 4.37 Å². The number of nitrogens with zero attached hydrogens (tertiary/aromatic N) is 2. The topological polar surface area (TPSA) is 94.5 Å². The summed E-state index contributed by atoms with van der Waals surface area (Å²) < 4.78 is 9.41.